The maximum atomic E-state index is 12.0. The van der Waals surface area contributed by atoms with Crippen LogP contribution in [0.15, 0.2) is 27.1 Å². The lowest BCUT2D eigenvalue weighted by atomic mass is 10.1. The minimum atomic E-state index is -0.0490. The van der Waals surface area contributed by atoms with Gasteiger partial charge in [0.25, 0.3) is 0 Å². The maximum Gasteiger partial charge on any atom is 0.240 e. The molecule has 0 aliphatic carbocycles. The molecule has 1 heterocycles. The Kier molecular flexibility index (Phi) is 4.08. The molecule has 1 amide bonds. The van der Waals surface area contributed by atoms with Gasteiger partial charge in [-0.2, -0.15) is 0 Å². The predicted octanol–water partition coefficient (Wildman–Crippen LogP) is 4.10. The van der Waals surface area contributed by atoms with E-state index in [4.69, 9.17) is 0 Å². The van der Waals surface area contributed by atoms with Gasteiger partial charge in [-0.25, -0.2) is 0 Å². The van der Waals surface area contributed by atoms with Crippen LogP contribution in [0.5, 0.6) is 0 Å². The van der Waals surface area contributed by atoms with E-state index >= 15 is 0 Å². The summed E-state index contributed by atoms with van der Waals surface area (Å²) in [5.74, 6) is 0.144. The van der Waals surface area contributed by atoms with Crippen LogP contribution in [-0.2, 0) is 4.79 Å². The van der Waals surface area contributed by atoms with Gasteiger partial charge in [-0.05, 0) is 47.0 Å². The molecular weight excluding hydrogens is 402 g/mol. The Balaban J connectivity index is 2.35. The van der Waals surface area contributed by atoms with Crippen LogP contribution in [-0.4, -0.2) is 17.3 Å². The summed E-state index contributed by atoms with van der Waals surface area (Å²) < 4.78 is 1.93. The van der Waals surface area contributed by atoms with E-state index in [9.17, 15) is 4.79 Å². The molecule has 1 aliphatic heterocycles. The molecule has 86 valence electrons. The third kappa shape index (κ3) is 2.51. The van der Waals surface area contributed by atoms with Crippen LogP contribution in [0, 0.1) is 0 Å². The fourth-order valence-electron chi connectivity index (χ4n) is 1.76. The lowest BCUT2D eigenvalue weighted by Crippen LogP contribution is -2.41. The number of carbonyl (C=O) groups excluding carboxylic acids is 1. The van der Waals surface area contributed by atoms with Gasteiger partial charge < -0.3 is 4.90 Å². The fraction of sp³-hybridized carbons (Fsp3) is 0.364. The number of carbonyl (C=O) groups is 1. The van der Waals surface area contributed by atoms with Crippen molar-refractivity contribution in [3.05, 3.63) is 27.1 Å². The lowest BCUT2D eigenvalue weighted by Gasteiger charge is -2.30. The molecule has 1 aliphatic rings. The van der Waals surface area contributed by atoms with Crippen molar-refractivity contribution in [1.82, 2.24) is 0 Å². The van der Waals surface area contributed by atoms with E-state index in [0.717, 1.165) is 34.0 Å². The normalized spacial score (nSPS) is 21.3. The largest absolute Gasteiger partial charge is 0.310 e. The van der Waals surface area contributed by atoms with Crippen LogP contribution in [0.2, 0.25) is 0 Å². The molecule has 2 rings (SSSR count). The van der Waals surface area contributed by atoms with Gasteiger partial charge in [0.2, 0.25) is 5.91 Å². The maximum absolute atomic E-state index is 12.0. The summed E-state index contributed by atoms with van der Waals surface area (Å²) in [5.41, 5.74) is 0.934. The van der Waals surface area contributed by atoms with E-state index in [0.29, 0.717) is 0 Å². The van der Waals surface area contributed by atoms with Crippen LogP contribution in [0.4, 0.5) is 5.69 Å². The van der Waals surface area contributed by atoms with Gasteiger partial charge in [0.05, 0.1) is 10.5 Å². The van der Waals surface area contributed by atoms with Crippen molar-refractivity contribution in [2.24, 2.45) is 0 Å². The van der Waals surface area contributed by atoms with Crippen molar-refractivity contribution in [3.63, 3.8) is 0 Å². The number of halogens is 3. The highest BCUT2D eigenvalue weighted by molar-refractivity contribution is 9.11. The zero-order valence-corrected chi connectivity index (χ0v) is 13.2. The molecule has 1 unspecified atom stereocenters. The quantitative estimate of drug-likeness (QED) is 0.637. The average molecular weight is 412 g/mol. The molecule has 2 nitrogen and oxygen atoms in total. The minimum Gasteiger partial charge on any atom is -0.310 e. The standard InChI is InChI=1S/C11H10Br3NO/c12-7-3-4-8(13)10(6-7)15-5-1-2-9(14)11(15)16/h3-4,6,9H,1-2,5H2. The van der Waals surface area contributed by atoms with Crippen molar-refractivity contribution in [2.75, 3.05) is 11.4 Å². The number of benzene rings is 1. The van der Waals surface area contributed by atoms with E-state index in [1.165, 1.54) is 0 Å². The first kappa shape index (κ1) is 12.6. The topological polar surface area (TPSA) is 20.3 Å². The van der Waals surface area contributed by atoms with Gasteiger partial charge in [0.15, 0.2) is 0 Å². The Bertz CT molecular complexity index is 422. The summed E-state index contributed by atoms with van der Waals surface area (Å²) >= 11 is 10.3. The van der Waals surface area contributed by atoms with Gasteiger partial charge in [-0.3, -0.25) is 4.79 Å². The second kappa shape index (κ2) is 5.19. The molecule has 0 bridgehead atoms. The monoisotopic (exact) mass is 409 g/mol. The van der Waals surface area contributed by atoms with Crippen LogP contribution < -0.4 is 4.90 Å². The second-order valence-corrected chi connectivity index (χ2v) is 6.57. The number of anilines is 1. The van der Waals surface area contributed by atoms with Crippen molar-refractivity contribution < 1.29 is 4.79 Å². The number of piperidine rings is 1. The van der Waals surface area contributed by atoms with Crippen LogP contribution >= 0.6 is 47.8 Å². The molecule has 0 spiro atoms. The van der Waals surface area contributed by atoms with Gasteiger partial charge in [0, 0.05) is 15.5 Å². The summed E-state index contributed by atoms with van der Waals surface area (Å²) in [7, 11) is 0. The Morgan fingerprint density at radius 1 is 1.31 bits per heavy atom. The van der Waals surface area contributed by atoms with Gasteiger partial charge in [-0.15, -0.1) is 0 Å². The molecular formula is C11H10Br3NO. The molecule has 0 aromatic heterocycles. The third-order valence-corrected chi connectivity index (χ3v) is 4.59. The van der Waals surface area contributed by atoms with E-state index in [2.05, 4.69) is 47.8 Å². The number of rotatable bonds is 1. The first-order valence-electron chi connectivity index (χ1n) is 5.00. The molecule has 1 fully saturated rings. The highest BCUT2D eigenvalue weighted by Crippen LogP contribution is 2.33. The van der Waals surface area contributed by atoms with E-state index in [-0.39, 0.29) is 10.7 Å². The third-order valence-electron chi connectivity index (χ3n) is 2.57. The Hall–Kier alpha value is 0.130. The van der Waals surface area contributed by atoms with Crippen molar-refractivity contribution in [3.8, 4) is 0 Å². The molecule has 1 saturated heterocycles. The molecule has 16 heavy (non-hydrogen) atoms. The summed E-state index contributed by atoms with van der Waals surface area (Å²) in [5, 5.41) is 0. The molecule has 0 radical (unpaired) electrons. The van der Waals surface area contributed by atoms with Crippen molar-refractivity contribution >= 4 is 59.4 Å². The predicted molar refractivity (Wildman–Crippen MR) is 76.1 cm³/mol. The Morgan fingerprint density at radius 2 is 2.06 bits per heavy atom. The first-order valence-corrected chi connectivity index (χ1v) is 7.50. The van der Waals surface area contributed by atoms with Gasteiger partial charge in [0.1, 0.15) is 0 Å². The van der Waals surface area contributed by atoms with Crippen LogP contribution in [0.3, 0.4) is 0 Å². The molecule has 1 atom stereocenters. The smallest absolute Gasteiger partial charge is 0.240 e. The zero-order valence-electron chi connectivity index (χ0n) is 8.42. The van der Waals surface area contributed by atoms with E-state index in [1.54, 1.807) is 0 Å². The highest BCUT2D eigenvalue weighted by Gasteiger charge is 2.28. The summed E-state index contributed by atoms with van der Waals surface area (Å²) in [6.07, 6.45) is 1.95. The minimum absolute atomic E-state index is 0.0490. The fourth-order valence-corrected chi connectivity index (χ4v) is 3.14. The Morgan fingerprint density at radius 3 is 2.81 bits per heavy atom. The van der Waals surface area contributed by atoms with Crippen molar-refractivity contribution in [1.29, 1.82) is 0 Å². The number of alkyl halides is 1. The average Bonchev–Trinajstić information content (AvgIpc) is 2.26. The molecule has 0 saturated carbocycles. The lowest BCUT2D eigenvalue weighted by molar-refractivity contribution is -0.118. The summed E-state index contributed by atoms with van der Waals surface area (Å²) in [6.45, 7) is 0.788. The molecule has 1 aromatic rings. The highest BCUT2D eigenvalue weighted by atomic mass is 79.9. The van der Waals surface area contributed by atoms with Crippen molar-refractivity contribution in [2.45, 2.75) is 17.7 Å². The van der Waals surface area contributed by atoms with Crippen LogP contribution in [0.1, 0.15) is 12.8 Å². The number of hydrogen-bond donors (Lipinski definition) is 0. The number of amides is 1. The summed E-state index contributed by atoms with van der Waals surface area (Å²) in [6, 6.07) is 5.87. The Labute approximate surface area is 120 Å². The van der Waals surface area contributed by atoms with E-state index in [1.807, 2.05) is 23.1 Å². The molecule has 5 heteroatoms. The SMILES string of the molecule is O=C1C(Br)CCCN1c1cc(Br)ccc1Br. The zero-order chi connectivity index (χ0) is 11.7. The molecule has 1 aromatic carbocycles. The summed E-state index contributed by atoms with van der Waals surface area (Å²) in [4.78, 5) is 13.8. The number of hydrogen-bond acceptors (Lipinski definition) is 1. The second-order valence-electron chi connectivity index (χ2n) is 3.70. The van der Waals surface area contributed by atoms with E-state index < -0.39 is 0 Å². The molecule has 0 N–H and O–H groups in total. The van der Waals surface area contributed by atoms with Gasteiger partial charge >= 0.3 is 0 Å². The van der Waals surface area contributed by atoms with Crippen LogP contribution in [0.25, 0.3) is 0 Å². The first-order chi connectivity index (χ1) is 7.59. The number of nitrogens with zero attached hydrogens (tertiary/aromatic N) is 1. The van der Waals surface area contributed by atoms with Gasteiger partial charge in [-0.1, -0.05) is 31.9 Å².